The van der Waals surface area contributed by atoms with Gasteiger partial charge in [-0.15, -0.1) is 0 Å². The number of phenols is 1. The van der Waals surface area contributed by atoms with Crippen LogP contribution in [-0.2, 0) is 5.41 Å². The number of para-hydroxylation sites is 1. The van der Waals surface area contributed by atoms with E-state index in [-0.39, 0.29) is 11.3 Å². The SMILES string of the molecule is CC(C)(C)c1cccc(C2c3ccccc3-c3ccccc32)c1O. The summed E-state index contributed by atoms with van der Waals surface area (Å²) < 4.78 is 0. The van der Waals surface area contributed by atoms with E-state index in [2.05, 4.69) is 81.4 Å². The maximum atomic E-state index is 11.0. The zero-order valence-electron chi connectivity index (χ0n) is 14.4. The van der Waals surface area contributed by atoms with Crippen molar-refractivity contribution in [3.63, 3.8) is 0 Å². The summed E-state index contributed by atoms with van der Waals surface area (Å²) in [4.78, 5) is 0. The molecule has 1 aliphatic rings. The van der Waals surface area contributed by atoms with Gasteiger partial charge in [-0.2, -0.15) is 0 Å². The van der Waals surface area contributed by atoms with Gasteiger partial charge < -0.3 is 5.11 Å². The van der Waals surface area contributed by atoms with Gasteiger partial charge in [0, 0.05) is 11.5 Å². The second-order valence-electron chi connectivity index (χ2n) is 7.60. The first-order valence-electron chi connectivity index (χ1n) is 8.49. The quantitative estimate of drug-likeness (QED) is 0.467. The van der Waals surface area contributed by atoms with Gasteiger partial charge in [0.15, 0.2) is 0 Å². The number of rotatable bonds is 1. The molecule has 1 N–H and O–H groups in total. The van der Waals surface area contributed by atoms with E-state index < -0.39 is 0 Å². The summed E-state index contributed by atoms with van der Waals surface area (Å²) in [6, 6.07) is 23.2. The van der Waals surface area contributed by atoms with E-state index in [0.29, 0.717) is 5.75 Å². The Kier molecular flexibility index (Phi) is 3.28. The molecule has 0 unspecified atom stereocenters. The fourth-order valence-electron chi connectivity index (χ4n) is 3.89. The summed E-state index contributed by atoms with van der Waals surface area (Å²) in [5, 5.41) is 11.0. The van der Waals surface area contributed by atoms with Crippen molar-refractivity contribution in [2.45, 2.75) is 32.1 Å². The van der Waals surface area contributed by atoms with E-state index in [1.807, 2.05) is 6.07 Å². The fraction of sp³-hybridized carbons (Fsp3) is 0.217. The average Bonchev–Trinajstić information content (AvgIpc) is 2.89. The van der Waals surface area contributed by atoms with Gasteiger partial charge >= 0.3 is 0 Å². The van der Waals surface area contributed by atoms with Gasteiger partial charge in [0.05, 0.1) is 0 Å². The van der Waals surface area contributed by atoms with Crippen LogP contribution in [0.3, 0.4) is 0 Å². The molecule has 0 atom stereocenters. The molecule has 0 heterocycles. The molecule has 0 aromatic heterocycles. The smallest absolute Gasteiger partial charge is 0.123 e. The lowest BCUT2D eigenvalue weighted by Gasteiger charge is -2.24. The number of hydrogen-bond donors (Lipinski definition) is 1. The third-order valence-corrected chi connectivity index (χ3v) is 5.02. The zero-order chi connectivity index (χ0) is 16.9. The largest absolute Gasteiger partial charge is 0.507 e. The highest BCUT2D eigenvalue weighted by molar-refractivity contribution is 5.81. The highest BCUT2D eigenvalue weighted by Gasteiger charge is 2.32. The molecule has 1 heteroatoms. The highest BCUT2D eigenvalue weighted by Crippen LogP contribution is 2.50. The van der Waals surface area contributed by atoms with Crippen molar-refractivity contribution in [3.8, 4) is 16.9 Å². The van der Waals surface area contributed by atoms with Crippen LogP contribution < -0.4 is 0 Å². The molecule has 0 radical (unpaired) electrons. The van der Waals surface area contributed by atoms with Gasteiger partial charge in [0.2, 0.25) is 0 Å². The van der Waals surface area contributed by atoms with Gasteiger partial charge in [0.1, 0.15) is 5.75 Å². The van der Waals surface area contributed by atoms with Crippen LogP contribution in [0.15, 0.2) is 66.7 Å². The van der Waals surface area contributed by atoms with E-state index >= 15 is 0 Å². The number of fused-ring (bicyclic) bond motifs is 3. The minimum atomic E-state index is -0.0856. The molecule has 0 spiro atoms. The molecule has 3 aromatic carbocycles. The normalized spacial score (nSPS) is 13.6. The molecule has 0 bridgehead atoms. The van der Waals surface area contributed by atoms with Gasteiger partial charge in [0.25, 0.3) is 0 Å². The van der Waals surface area contributed by atoms with Crippen molar-refractivity contribution < 1.29 is 5.11 Å². The Morgan fingerprint density at radius 3 is 1.71 bits per heavy atom. The fourth-order valence-corrected chi connectivity index (χ4v) is 3.89. The summed E-state index contributed by atoms with van der Waals surface area (Å²) in [7, 11) is 0. The van der Waals surface area contributed by atoms with E-state index in [1.54, 1.807) is 0 Å². The number of aromatic hydroxyl groups is 1. The zero-order valence-corrected chi connectivity index (χ0v) is 14.4. The molecular formula is C23H22O. The Balaban J connectivity index is 1.98. The lowest BCUT2D eigenvalue weighted by Crippen LogP contribution is -2.13. The lowest BCUT2D eigenvalue weighted by molar-refractivity contribution is 0.439. The minimum Gasteiger partial charge on any atom is -0.507 e. The molecular weight excluding hydrogens is 292 g/mol. The molecule has 120 valence electrons. The first-order chi connectivity index (χ1) is 11.5. The molecule has 4 rings (SSSR count). The van der Waals surface area contributed by atoms with Crippen LogP contribution in [0.2, 0.25) is 0 Å². The van der Waals surface area contributed by atoms with Crippen LogP contribution in [0, 0.1) is 0 Å². The van der Waals surface area contributed by atoms with Crippen molar-refractivity contribution in [1.29, 1.82) is 0 Å². The molecule has 24 heavy (non-hydrogen) atoms. The van der Waals surface area contributed by atoms with Crippen molar-refractivity contribution in [2.75, 3.05) is 0 Å². The first kappa shape index (κ1) is 15.0. The Labute approximate surface area is 143 Å². The van der Waals surface area contributed by atoms with Crippen LogP contribution in [-0.4, -0.2) is 5.11 Å². The summed E-state index contributed by atoms with van der Waals surface area (Å²) in [5.74, 6) is 0.529. The Hall–Kier alpha value is -2.54. The summed E-state index contributed by atoms with van der Waals surface area (Å²) in [6.07, 6.45) is 0. The third-order valence-electron chi connectivity index (χ3n) is 5.02. The predicted octanol–water partition coefficient (Wildman–Crippen LogP) is 5.85. The Morgan fingerprint density at radius 1 is 0.667 bits per heavy atom. The van der Waals surface area contributed by atoms with Crippen LogP contribution in [0.5, 0.6) is 5.75 Å². The van der Waals surface area contributed by atoms with Crippen LogP contribution in [0.25, 0.3) is 11.1 Å². The molecule has 3 aromatic rings. The highest BCUT2D eigenvalue weighted by atomic mass is 16.3. The molecule has 0 amide bonds. The standard InChI is InChI=1S/C23H22O/c1-23(2,3)20-14-8-13-19(22(20)24)21-17-11-6-4-9-15(17)16-10-5-7-12-18(16)21/h4-14,21,24H,1-3H3. The lowest BCUT2D eigenvalue weighted by atomic mass is 9.81. The number of phenolic OH excluding ortho intramolecular Hbond substituents is 1. The number of hydrogen-bond acceptors (Lipinski definition) is 1. The van der Waals surface area contributed by atoms with E-state index in [9.17, 15) is 5.11 Å². The maximum absolute atomic E-state index is 11.0. The van der Waals surface area contributed by atoms with E-state index in [1.165, 1.54) is 22.3 Å². The number of benzene rings is 3. The van der Waals surface area contributed by atoms with Crippen LogP contribution in [0.1, 0.15) is 48.9 Å². The summed E-state index contributed by atoms with van der Waals surface area (Å²) >= 11 is 0. The van der Waals surface area contributed by atoms with E-state index in [0.717, 1.165) is 11.1 Å². The second-order valence-corrected chi connectivity index (χ2v) is 7.60. The summed E-state index contributed by atoms with van der Waals surface area (Å²) in [5.41, 5.74) is 7.02. The van der Waals surface area contributed by atoms with Gasteiger partial charge in [-0.05, 0) is 33.2 Å². The van der Waals surface area contributed by atoms with Gasteiger partial charge in [-0.1, -0.05) is 87.5 Å². The topological polar surface area (TPSA) is 20.2 Å². The Bertz CT molecular complexity index is 870. The van der Waals surface area contributed by atoms with Crippen molar-refractivity contribution in [3.05, 3.63) is 89.0 Å². The van der Waals surface area contributed by atoms with Gasteiger partial charge in [-0.25, -0.2) is 0 Å². The van der Waals surface area contributed by atoms with Crippen molar-refractivity contribution in [1.82, 2.24) is 0 Å². The molecule has 1 nitrogen and oxygen atoms in total. The molecule has 0 saturated carbocycles. The second kappa shape index (κ2) is 5.24. The van der Waals surface area contributed by atoms with Crippen LogP contribution >= 0.6 is 0 Å². The van der Waals surface area contributed by atoms with Crippen molar-refractivity contribution in [2.24, 2.45) is 0 Å². The molecule has 1 aliphatic carbocycles. The molecule has 0 fully saturated rings. The van der Waals surface area contributed by atoms with Gasteiger partial charge in [-0.3, -0.25) is 0 Å². The average molecular weight is 314 g/mol. The Morgan fingerprint density at radius 2 is 1.17 bits per heavy atom. The molecule has 0 saturated heterocycles. The van der Waals surface area contributed by atoms with E-state index in [4.69, 9.17) is 0 Å². The van der Waals surface area contributed by atoms with Crippen LogP contribution in [0.4, 0.5) is 0 Å². The first-order valence-corrected chi connectivity index (χ1v) is 8.49. The minimum absolute atomic E-state index is 0.0856. The molecule has 0 aliphatic heterocycles. The van der Waals surface area contributed by atoms with Crippen molar-refractivity contribution >= 4 is 0 Å². The maximum Gasteiger partial charge on any atom is 0.123 e. The predicted molar refractivity (Wildman–Crippen MR) is 99.6 cm³/mol. The summed E-state index contributed by atoms with van der Waals surface area (Å²) in [6.45, 7) is 6.42. The monoisotopic (exact) mass is 314 g/mol. The third kappa shape index (κ3) is 2.16.